The van der Waals surface area contributed by atoms with E-state index in [-0.39, 0.29) is 12.2 Å². The van der Waals surface area contributed by atoms with E-state index in [1.165, 1.54) is 32.4 Å². The van der Waals surface area contributed by atoms with Crippen LogP contribution < -0.4 is 5.32 Å². The molecule has 1 amide bonds. The van der Waals surface area contributed by atoms with Crippen LogP contribution in [0.15, 0.2) is 0 Å². The molecule has 4 aliphatic heterocycles. The van der Waals surface area contributed by atoms with Crippen molar-refractivity contribution in [1.82, 2.24) is 15.1 Å². The molecule has 4 aliphatic rings. The summed E-state index contributed by atoms with van der Waals surface area (Å²) in [6.07, 6.45) is 8.42. The summed E-state index contributed by atoms with van der Waals surface area (Å²) in [7, 11) is 0. The van der Waals surface area contributed by atoms with Gasteiger partial charge in [0, 0.05) is 12.6 Å². The van der Waals surface area contributed by atoms with Gasteiger partial charge in [-0.05, 0) is 44.7 Å². The standard InChI is InChI=1S/C17H31N3O/c1-3-5-7-14-17(21)20(16(18-14)6-4-2)15-12-19-10-8-13(15)9-11-19/h13-16,18H,3-12H2,1-2H3. The zero-order chi connectivity index (χ0) is 14.8. The van der Waals surface area contributed by atoms with Gasteiger partial charge in [-0.15, -0.1) is 0 Å². The van der Waals surface area contributed by atoms with E-state index in [0.717, 1.165) is 38.1 Å². The Labute approximate surface area is 129 Å². The van der Waals surface area contributed by atoms with Crippen LogP contribution in [0.1, 0.15) is 58.8 Å². The van der Waals surface area contributed by atoms with Crippen LogP contribution in [-0.2, 0) is 4.79 Å². The Balaban J connectivity index is 1.72. The molecule has 4 fully saturated rings. The van der Waals surface area contributed by atoms with Gasteiger partial charge in [-0.2, -0.15) is 0 Å². The van der Waals surface area contributed by atoms with E-state index in [0.29, 0.717) is 11.9 Å². The third-order valence-electron chi connectivity index (χ3n) is 5.67. The van der Waals surface area contributed by atoms with Gasteiger partial charge in [0.2, 0.25) is 5.91 Å². The molecule has 0 spiro atoms. The Morgan fingerprint density at radius 1 is 1.14 bits per heavy atom. The lowest BCUT2D eigenvalue weighted by molar-refractivity contribution is -0.137. The summed E-state index contributed by atoms with van der Waals surface area (Å²) < 4.78 is 0. The van der Waals surface area contributed by atoms with Crippen molar-refractivity contribution in [2.45, 2.75) is 77.0 Å². The summed E-state index contributed by atoms with van der Waals surface area (Å²) in [5.74, 6) is 1.13. The van der Waals surface area contributed by atoms with Gasteiger partial charge in [0.1, 0.15) is 0 Å². The molecule has 3 atom stereocenters. The fraction of sp³-hybridized carbons (Fsp3) is 0.941. The molecule has 1 N–H and O–H groups in total. The van der Waals surface area contributed by atoms with E-state index in [1.807, 2.05) is 0 Å². The quantitative estimate of drug-likeness (QED) is 0.815. The third kappa shape index (κ3) is 2.98. The maximum Gasteiger partial charge on any atom is 0.241 e. The number of fused-ring (bicyclic) bond motifs is 3. The second-order valence-corrected chi connectivity index (χ2v) is 7.12. The molecule has 2 bridgehead atoms. The molecule has 0 aromatic heterocycles. The summed E-state index contributed by atoms with van der Waals surface area (Å²) in [4.78, 5) is 17.7. The molecule has 0 saturated carbocycles. The average Bonchev–Trinajstić information content (AvgIpc) is 2.82. The summed E-state index contributed by atoms with van der Waals surface area (Å²) >= 11 is 0. The molecule has 4 heterocycles. The summed E-state index contributed by atoms with van der Waals surface area (Å²) in [5.41, 5.74) is 0. The van der Waals surface area contributed by atoms with Crippen LogP contribution in [-0.4, -0.2) is 53.6 Å². The monoisotopic (exact) mass is 293 g/mol. The highest BCUT2D eigenvalue weighted by atomic mass is 16.2. The van der Waals surface area contributed by atoms with Crippen LogP contribution in [0, 0.1) is 5.92 Å². The minimum absolute atomic E-state index is 0.0805. The van der Waals surface area contributed by atoms with Crippen molar-refractivity contribution in [3.05, 3.63) is 0 Å². The SMILES string of the molecule is CCCCC1NC(CCC)N(C2CN3CCC2CC3)C1=O. The number of rotatable bonds is 6. The van der Waals surface area contributed by atoms with Crippen molar-refractivity contribution in [3.63, 3.8) is 0 Å². The predicted molar refractivity (Wildman–Crippen MR) is 84.9 cm³/mol. The van der Waals surface area contributed by atoms with Crippen molar-refractivity contribution in [2.75, 3.05) is 19.6 Å². The van der Waals surface area contributed by atoms with Gasteiger partial charge in [0.05, 0.1) is 12.2 Å². The first-order chi connectivity index (χ1) is 10.2. The molecule has 120 valence electrons. The van der Waals surface area contributed by atoms with Crippen LogP contribution >= 0.6 is 0 Å². The number of amides is 1. The van der Waals surface area contributed by atoms with Crippen LogP contribution in [0.25, 0.3) is 0 Å². The Hall–Kier alpha value is -0.610. The normalized spacial score (nSPS) is 39.2. The zero-order valence-electron chi connectivity index (χ0n) is 13.7. The number of unbranched alkanes of at least 4 members (excludes halogenated alkanes) is 1. The number of piperidine rings is 3. The molecule has 4 rings (SSSR count). The van der Waals surface area contributed by atoms with Gasteiger partial charge in [-0.25, -0.2) is 0 Å². The van der Waals surface area contributed by atoms with Crippen LogP contribution in [0.2, 0.25) is 0 Å². The topological polar surface area (TPSA) is 35.6 Å². The number of nitrogens with zero attached hydrogens (tertiary/aromatic N) is 2. The lowest BCUT2D eigenvalue weighted by Gasteiger charge is -2.49. The third-order valence-corrected chi connectivity index (χ3v) is 5.67. The highest BCUT2D eigenvalue weighted by Gasteiger charge is 2.47. The van der Waals surface area contributed by atoms with Crippen molar-refractivity contribution in [3.8, 4) is 0 Å². The second-order valence-electron chi connectivity index (χ2n) is 7.12. The molecule has 4 nitrogen and oxygen atoms in total. The van der Waals surface area contributed by atoms with E-state index in [4.69, 9.17) is 0 Å². The number of carbonyl (C=O) groups excluding carboxylic acids is 1. The van der Waals surface area contributed by atoms with Crippen LogP contribution in [0.5, 0.6) is 0 Å². The van der Waals surface area contributed by atoms with Crippen LogP contribution in [0.4, 0.5) is 0 Å². The number of carbonyl (C=O) groups is 1. The Kier molecular flexibility index (Phi) is 4.85. The van der Waals surface area contributed by atoms with Gasteiger partial charge in [-0.1, -0.05) is 33.1 Å². The summed E-state index contributed by atoms with van der Waals surface area (Å²) in [6, 6.07) is 0.549. The molecule has 21 heavy (non-hydrogen) atoms. The molecule has 0 aliphatic carbocycles. The van der Waals surface area contributed by atoms with Gasteiger partial charge < -0.3 is 9.80 Å². The fourth-order valence-corrected chi connectivity index (χ4v) is 4.47. The second kappa shape index (κ2) is 6.66. The van der Waals surface area contributed by atoms with Crippen molar-refractivity contribution >= 4 is 5.91 Å². The van der Waals surface area contributed by atoms with E-state index >= 15 is 0 Å². The minimum atomic E-state index is 0.0805. The highest BCUT2D eigenvalue weighted by molar-refractivity contribution is 5.84. The zero-order valence-corrected chi connectivity index (χ0v) is 13.7. The Morgan fingerprint density at radius 2 is 1.90 bits per heavy atom. The van der Waals surface area contributed by atoms with Gasteiger partial charge in [0.25, 0.3) is 0 Å². The van der Waals surface area contributed by atoms with Gasteiger partial charge in [0.15, 0.2) is 0 Å². The van der Waals surface area contributed by atoms with Crippen LogP contribution in [0.3, 0.4) is 0 Å². The number of hydrogen-bond donors (Lipinski definition) is 1. The number of hydrogen-bond acceptors (Lipinski definition) is 3. The maximum atomic E-state index is 12.9. The molecule has 0 radical (unpaired) electrons. The van der Waals surface area contributed by atoms with Crippen molar-refractivity contribution in [1.29, 1.82) is 0 Å². The fourth-order valence-electron chi connectivity index (χ4n) is 4.47. The van der Waals surface area contributed by atoms with Crippen molar-refractivity contribution in [2.24, 2.45) is 5.92 Å². The van der Waals surface area contributed by atoms with E-state index in [2.05, 4.69) is 29.0 Å². The summed E-state index contributed by atoms with van der Waals surface area (Å²) in [5, 5.41) is 3.64. The first-order valence-corrected chi connectivity index (χ1v) is 9.05. The molecule has 4 heteroatoms. The molecule has 0 aromatic rings. The van der Waals surface area contributed by atoms with Gasteiger partial charge in [-0.3, -0.25) is 10.1 Å². The summed E-state index contributed by atoms with van der Waals surface area (Å²) in [6.45, 7) is 8.02. The first kappa shape index (κ1) is 15.3. The largest absolute Gasteiger partial charge is 0.321 e. The van der Waals surface area contributed by atoms with E-state index < -0.39 is 0 Å². The smallest absolute Gasteiger partial charge is 0.241 e. The van der Waals surface area contributed by atoms with E-state index in [9.17, 15) is 4.79 Å². The average molecular weight is 293 g/mol. The molecule has 3 unspecified atom stereocenters. The first-order valence-electron chi connectivity index (χ1n) is 9.05. The number of nitrogens with one attached hydrogen (secondary N) is 1. The Morgan fingerprint density at radius 3 is 2.48 bits per heavy atom. The minimum Gasteiger partial charge on any atom is -0.321 e. The highest BCUT2D eigenvalue weighted by Crippen LogP contribution is 2.34. The van der Waals surface area contributed by atoms with Crippen molar-refractivity contribution < 1.29 is 4.79 Å². The molecular weight excluding hydrogens is 262 g/mol. The molecule has 4 saturated heterocycles. The predicted octanol–water partition coefficient (Wildman–Crippen LogP) is 2.20. The van der Waals surface area contributed by atoms with Gasteiger partial charge >= 0.3 is 0 Å². The lowest BCUT2D eigenvalue weighted by Crippen LogP contribution is -2.60. The Bertz CT molecular complexity index is 365. The molecule has 0 aromatic carbocycles. The lowest BCUT2D eigenvalue weighted by atomic mass is 9.83. The maximum absolute atomic E-state index is 12.9. The molecular formula is C17H31N3O. The van der Waals surface area contributed by atoms with E-state index in [1.54, 1.807) is 0 Å².